The first-order valence-corrected chi connectivity index (χ1v) is 7.58. The maximum atomic E-state index is 13.0. The van der Waals surface area contributed by atoms with Crippen molar-refractivity contribution in [2.75, 3.05) is 23.3 Å². The third kappa shape index (κ3) is 3.77. The Labute approximate surface area is 133 Å². The first-order chi connectivity index (χ1) is 11.1. The number of rotatable bonds is 3. The van der Waals surface area contributed by atoms with Crippen LogP contribution in [0.1, 0.15) is 12.8 Å². The Morgan fingerprint density at radius 2 is 1.87 bits per heavy atom. The normalized spacial score (nSPS) is 15.4. The molecule has 0 atom stereocenters. The molecule has 2 N–H and O–H groups in total. The second-order valence-corrected chi connectivity index (χ2v) is 5.63. The van der Waals surface area contributed by atoms with E-state index in [4.69, 9.17) is 0 Å². The van der Waals surface area contributed by atoms with Crippen molar-refractivity contribution in [3.63, 3.8) is 0 Å². The van der Waals surface area contributed by atoms with Crippen molar-refractivity contribution in [2.45, 2.75) is 12.8 Å². The molecule has 120 valence electrons. The predicted molar refractivity (Wildman–Crippen MR) is 85.9 cm³/mol. The maximum Gasteiger partial charge on any atom is 0.228 e. The Morgan fingerprint density at radius 1 is 1.17 bits per heavy atom. The van der Waals surface area contributed by atoms with E-state index in [0.717, 1.165) is 31.6 Å². The summed E-state index contributed by atoms with van der Waals surface area (Å²) in [5.41, 5.74) is 0.977. The van der Waals surface area contributed by atoms with Crippen molar-refractivity contribution in [2.24, 2.45) is 5.92 Å². The van der Waals surface area contributed by atoms with E-state index in [1.165, 1.54) is 24.4 Å². The molecule has 1 fully saturated rings. The van der Waals surface area contributed by atoms with Crippen LogP contribution in [0.25, 0.3) is 0 Å². The molecule has 3 rings (SSSR count). The molecule has 0 saturated carbocycles. The van der Waals surface area contributed by atoms with E-state index in [2.05, 4.69) is 15.2 Å². The molecule has 1 aromatic heterocycles. The van der Waals surface area contributed by atoms with Crippen LogP contribution in [0.4, 0.5) is 15.9 Å². The zero-order chi connectivity index (χ0) is 16.2. The molecule has 0 aliphatic carbocycles. The van der Waals surface area contributed by atoms with Crippen molar-refractivity contribution in [1.29, 1.82) is 0 Å². The summed E-state index contributed by atoms with van der Waals surface area (Å²) < 4.78 is 13.0. The standard InChI is InChI=1S/C17H18FN3O2/c18-13-1-3-14(4-2-13)21-9-7-12(8-10-21)17(23)20-16-6-5-15(22)11-19-16/h1-6,11-12,22H,7-10H2,(H,19,20,23). The minimum atomic E-state index is -0.246. The van der Waals surface area contributed by atoms with Gasteiger partial charge in [0.1, 0.15) is 17.4 Å². The van der Waals surface area contributed by atoms with Crippen LogP contribution in [0.15, 0.2) is 42.6 Å². The lowest BCUT2D eigenvalue weighted by Gasteiger charge is -2.32. The van der Waals surface area contributed by atoms with Gasteiger partial charge in [-0.2, -0.15) is 0 Å². The molecular weight excluding hydrogens is 297 g/mol. The van der Waals surface area contributed by atoms with Gasteiger partial charge in [-0.3, -0.25) is 4.79 Å². The molecule has 2 heterocycles. The number of anilines is 2. The number of pyridine rings is 1. The van der Waals surface area contributed by atoms with Crippen LogP contribution in [-0.4, -0.2) is 29.1 Å². The molecule has 6 heteroatoms. The first-order valence-electron chi connectivity index (χ1n) is 7.58. The van der Waals surface area contributed by atoms with Gasteiger partial charge in [0, 0.05) is 24.7 Å². The third-order valence-electron chi connectivity index (χ3n) is 4.06. The van der Waals surface area contributed by atoms with Crippen LogP contribution in [0, 0.1) is 11.7 Å². The van der Waals surface area contributed by atoms with Gasteiger partial charge in [0.05, 0.1) is 6.20 Å². The number of aromatic nitrogens is 1. The molecule has 2 aromatic rings. The van der Waals surface area contributed by atoms with Gasteiger partial charge in [-0.1, -0.05) is 0 Å². The van der Waals surface area contributed by atoms with Crippen molar-refractivity contribution in [1.82, 2.24) is 4.98 Å². The average Bonchev–Trinajstić information content (AvgIpc) is 2.58. The summed E-state index contributed by atoms with van der Waals surface area (Å²) in [5.74, 6) is 0.137. The third-order valence-corrected chi connectivity index (χ3v) is 4.06. The fourth-order valence-electron chi connectivity index (χ4n) is 2.74. The van der Waals surface area contributed by atoms with Gasteiger partial charge in [-0.05, 0) is 49.2 Å². The van der Waals surface area contributed by atoms with Gasteiger partial charge in [0.25, 0.3) is 0 Å². The lowest BCUT2D eigenvalue weighted by Crippen LogP contribution is -2.38. The summed E-state index contributed by atoms with van der Waals surface area (Å²) in [4.78, 5) is 18.4. The summed E-state index contributed by atoms with van der Waals surface area (Å²) in [5, 5.41) is 12.0. The van der Waals surface area contributed by atoms with Crippen LogP contribution < -0.4 is 10.2 Å². The van der Waals surface area contributed by atoms with Crippen molar-refractivity contribution >= 4 is 17.4 Å². The van der Waals surface area contributed by atoms with Gasteiger partial charge in [0.15, 0.2) is 0 Å². The van der Waals surface area contributed by atoms with Crippen LogP contribution in [0.5, 0.6) is 5.75 Å². The SMILES string of the molecule is O=C(Nc1ccc(O)cn1)C1CCN(c2ccc(F)cc2)CC1. The lowest BCUT2D eigenvalue weighted by atomic mass is 9.95. The molecule has 0 bridgehead atoms. The number of hydrogen-bond donors (Lipinski definition) is 2. The number of nitrogens with one attached hydrogen (secondary N) is 1. The monoisotopic (exact) mass is 315 g/mol. The molecule has 0 spiro atoms. The van der Waals surface area contributed by atoms with Crippen LogP contribution in [-0.2, 0) is 4.79 Å². The summed E-state index contributed by atoms with van der Waals surface area (Å²) >= 11 is 0. The predicted octanol–water partition coefficient (Wildman–Crippen LogP) is 2.78. The van der Waals surface area contributed by atoms with Crippen LogP contribution in [0.3, 0.4) is 0 Å². The summed E-state index contributed by atoms with van der Waals surface area (Å²) in [7, 11) is 0. The number of halogens is 1. The molecule has 1 amide bonds. The number of aromatic hydroxyl groups is 1. The number of carbonyl (C=O) groups excluding carboxylic acids is 1. The zero-order valence-electron chi connectivity index (χ0n) is 12.6. The number of amides is 1. The Bertz CT molecular complexity index is 665. The van der Waals surface area contributed by atoms with Gasteiger partial charge in [0.2, 0.25) is 5.91 Å². The van der Waals surface area contributed by atoms with E-state index in [1.54, 1.807) is 18.2 Å². The Kier molecular flexibility index (Phi) is 4.41. The highest BCUT2D eigenvalue weighted by molar-refractivity contribution is 5.91. The van der Waals surface area contributed by atoms with Crippen molar-refractivity contribution < 1.29 is 14.3 Å². The fourth-order valence-corrected chi connectivity index (χ4v) is 2.74. The zero-order valence-corrected chi connectivity index (χ0v) is 12.6. The molecule has 5 nitrogen and oxygen atoms in total. The first kappa shape index (κ1) is 15.3. The molecule has 1 aliphatic rings. The molecule has 0 radical (unpaired) electrons. The van der Waals surface area contributed by atoms with Crippen LogP contribution in [0.2, 0.25) is 0 Å². The highest BCUT2D eigenvalue weighted by Crippen LogP contribution is 2.24. The van der Waals surface area contributed by atoms with Crippen LogP contribution >= 0.6 is 0 Å². The molecule has 23 heavy (non-hydrogen) atoms. The van der Waals surface area contributed by atoms with Crippen molar-refractivity contribution in [3.8, 4) is 5.75 Å². The number of nitrogens with zero attached hydrogens (tertiary/aromatic N) is 2. The van der Waals surface area contributed by atoms with E-state index in [0.29, 0.717) is 5.82 Å². The van der Waals surface area contributed by atoms with E-state index in [1.807, 2.05) is 0 Å². The molecule has 1 aliphatic heterocycles. The number of benzene rings is 1. The minimum absolute atomic E-state index is 0.0538. The second-order valence-electron chi connectivity index (χ2n) is 5.63. The lowest BCUT2D eigenvalue weighted by molar-refractivity contribution is -0.120. The van der Waals surface area contributed by atoms with E-state index >= 15 is 0 Å². The minimum Gasteiger partial charge on any atom is -0.506 e. The summed E-state index contributed by atoms with van der Waals surface area (Å²) in [6.07, 6.45) is 2.77. The Hall–Kier alpha value is -2.63. The highest BCUT2D eigenvalue weighted by atomic mass is 19.1. The van der Waals surface area contributed by atoms with Gasteiger partial charge in [-0.15, -0.1) is 0 Å². The maximum absolute atomic E-state index is 13.0. The number of hydrogen-bond acceptors (Lipinski definition) is 4. The molecule has 1 saturated heterocycles. The Morgan fingerprint density at radius 3 is 2.48 bits per heavy atom. The molecule has 1 aromatic carbocycles. The van der Waals surface area contributed by atoms with Crippen molar-refractivity contribution in [3.05, 3.63) is 48.4 Å². The second kappa shape index (κ2) is 6.64. The number of carbonyl (C=O) groups is 1. The topological polar surface area (TPSA) is 65.5 Å². The van der Waals surface area contributed by atoms with E-state index in [-0.39, 0.29) is 23.4 Å². The fraction of sp³-hybridized carbons (Fsp3) is 0.294. The van der Waals surface area contributed by atoms with Gasteiger partial charge >= 0.3 is 0 Å². The van der Waals surface area contributed by atoms with Gasteiger partial charge in [-0.25, -0.2) is 9.37 Å². The average molecular weight is 315 g/mol. The van der Waals surface area contributed by atoms with Gasteiger partial charge < -0.3 is 15.3 Å². The Balaban J connectivity index is 1.54. The molecular formula is C17H18FN3O2. The quantitative estimate of drug-likeness (QED) is 0.914. The van der Waals surface area contributed by atoms with E-state index < -0.39 is 0 Å². The number of piperidine rings is 1. The summed E-state index contributed by atoms with van der Waals surface area (Å²) in [6, 6.07) is 9.47. The smallest absolute Gasteiger partial charge is 0.228 e. The molecule has 0 unspecified atom stereocenters. The highest BCUT2D eigenvalue weighted by Gasteiger charge is 2.25. The summed E-state index contributed by atoms with van der Waals surface area (Å²) in [6.45, 7) is 1.51. The largest absolute Gasteiger partial charge is 0.506 e. The van der Waals surface area contributed by atoms with E-state index in [9.17, 15) is 14.3 Å².